The lowest BCUT2D eigenvalue weighted by atomic mass is 9.96. The van der Waals surface area contributed by atoms with Crippen LogP contribution in [0.15, 0.2) is 0 Å². The van der Waals surface area contributed by atoms with Gasteiger partial charge in [0.05, 0.1) is 6.61 Å². The molecule has 15 heteroatoms. The van der Waals surface area contributed by atoms with E-state index in [1.807, 2.05) is 0 Å². The minimum Gasteiger partial charge on any atom is -0.454 e. The summed E-state index contributed by atoms with van der Waals surface area (Å²) in [4.78, 5) is 59.7. The lowest BCUT2D eigenvalue weighted by Crippen LogP contribution is -2.66. The summed E-state index contributed by atoms with van der Waals surface area (Å²) in [6, 6.07) is -1.67. The fourth-order valence-electron chi connectivity index (χ4n) is 7.56. The summed E-state index contributed by atoms with van der Waals surface area (Å²) in [7, 11) is -5.32. The van der Waals surface area contributed by atoms with Gasteiger partial charge in [0.15, 0.2) is 18.5 Å². The summed E-state index contributed by atoms with van der Waals surface area (Å²) >= 11 is 0. The van der Waals surface area contributed by atoms with E-state index in [1.54, 1.807) is 0 Å². The molecule has 1 aliphatic heterocycles. The number of rotatable bonds is 38. The predicted octanol–water partition coefficient (Wildman–Crippen LogP) is 8.61. The number of ether oxygens (including phenoxy) is 3. The van der Waals surface area contributed by atoms with Crippen molar-refractivity contribution in [3.05, 3.63) is 0 Å². The van der Waals surface area contributed by atoms with E-state index < -0.39 is 75.1 Å². The van der Waals surface area contributed by atoms with Gasteiger partial charge in [0.2, 0.25) is 5.91 Å². The molecule has 1 saturated heterocycles. The van der Waals surface area contributed by atoms with Crippen molar-refractivity contribution < 1.29 is 62.8 Å². The first kappa shape index (κ1) is 55.4. The first-order chi connectivity index (χ1) is 28.4. The summed E-state index contributed by atoms with van der Waals surface area (Å²) in [6.07, 6.45) is 18.3. The fraction of sp³-hybridized carbons (Fsp3) is 0.932. The van der Waals surface area contributed by atoms with Gasteiger partial charge in [-0.1, -0.05) is 181 Å². The number of esters is 2. The van der Waals surface area contributed by atoms with E-state index in [2.05, 4.69) is 26.1 Å². The smallest absolute Gasteiger partial charge is 0.454 e. The Morgan fingerprint density at radius 1 is 0.644 bits per heavy atom. The number of nitrogens with one attached hydrogen (secondary N) is 1. The second-order valence-electron chi connectivity index (χ2n) is 16.6. The molecule has 3 unspecified atom stereocenters. The SMILES string of the molecule is CCCCCCCCCCCCC(O)C(=O)N[C@H]1C(O)O[C@H](CO)[C@@H](OP(=O)(O)O)[C@@H]1OC(=O)C(CCCCCCCCCCCC)OC(=O)CCCCCCCCC. The fourth-order valence-corrected chi connectivity index (χ4v) is 8.13. The lowest BCUT2D eigenvalue weighted by molar-refractivity contribution is -0.258. The van der Waals surface area contributed by atoms with Crippen LogP contribution < -0.4 is 5.32 Å². The maximum Gasteiger partial charge on any atom is 0.470 e. The van der Waals surface area contributed by atoms with E-state index >= 15 is 0 Å². The molecular weight excluding hydrogens is 781 g/mol. The standard InChI is InChI=1S/C44H84NO13P/c1-4-7-10-13-16-18-20-23-25-28-31-35(47)42(49)45-39-41(40(58-59(52,53)54)37(34-46)56-44(39)51)57-43(50)36(32-29-26-24-21-19-17-14-11-8-5-2)55-38(48)33-30-27-22-15-12-9-6-3/h35-37,39-41,44,46-47,51H,4-34H2,1-3H3,(H,45,49)(H2,52,53,54)/t35?,36?,37-,39-,40-,41-,44?/m1/s1. The molecule has 348 valence electrons. The normalized spacial score (nSPS) is 20.6. The number of carbonyl (C=O) groups is 3. The molecule has 0 aromatic carbocycles. The molecule has 0 radical (unpaired) electrons. The zero-order chi connectivity index (χ0) is 43.7. The Morgan fingerprint density at radius 3 is 1.51 bits per heavy atom. The number of unbranched alkanes of at least 4 members (excludes halogenated alkanes) is 24. The second-order valence-corrected chi connectivity index (χ2v) is 17.7. The number of phosphoric acid groups is 1. The molecule has 14 nitrogen and oxygen atoms in total. The van der Waals surface area contributed by atoms with Crippen LogP contribution in [-0.2, 0) is 37.7 Å². The van der Waals surface area contributed by atoms with Crippen LogP contribution in [0.2, 0.25) is 0 Å². The highest BCUT2D eigenvalue weighted by molar-refractivity contribution is 7.46. The second kappa shape index (κ2) is 34.9. The summed E-state index contributed by atoms with van der Waals surface area (Å²) < 4.78 is 33.9. The van der Waals surface area contributed by atoms with Crippen LogP contribution in [-0.4, -0.2) is 92.4 Å². The molecule has 0 aromatic heterocycles. The van der Waals surface area contributed by atoms with Crippen molar-refractivity contribution in [2.45, 2.75) is 256 Å². The Labute approximate surface area is 355 Å². The highest BCUT2D eigenvalue weighted by Crippen LogP contribution is 2.42. The maximum absolute atomic E-state index is 13.9. The third-order valence-electron chi connectivity index (χ3n) is 11.1. The van der Waals surface area contributed by atoms with Crippen molar-refractivity contribution in [1.29, 1.82) is 0 Å². The number of hydrogen-bond donors (Lipinski definition) is 6. The Morgan fingerprint density at radius 2 is 1.07 bits per heavy atom. The summed E-state index contributed by atoms with van der Waals surface area (Å²) in [5.74, 6) is -2.57. The first-order valence-corrected chi connectivity index (χ1v) is 25.0. The number of phosphoric ester groups is 1. The Kier molecular flexibility index (Phi) is 32.7. The first-order valence-electron chi connectivity index (χ1n) is 23.4. The van der Waals surface area contributed by atoms with Crippen molar-refractivity contribution >= 4 is 25.7 Å². The third-order valence-corrected chi connectivity index (χ3v) is 11.7. The summed E-state index contributed by atoms with van der Waals surface area (Å²) in [6.45, 7) is 5.62. The minimum atomic E-state index is -5.32. The van der Waals surface area contributed by atoms with Gasteiger partial charge in [-0.2, -0.15) is 0 Å². The van der Waals surface area contributed by atoms with E-state index in [4.69, 9.17) is 18.7 Å². The van der Waals surface area contributed by atoms with Gasteiger partial charge in [-0.3, -0.25) is 14.1 Å². The van der Waals surface area contributed by atoms with Gasteiger partial charge >= 0.3 is 19.8 Å². The van der Waals surface area contributed by atoms with Crippen LogP contribution in [0.3, 0.4) is 0 Å². The molecule has 0 aromatic rings. The quantitative estimate of drug-likeness (QED) is 0.0195. The average molecular weight is 866 g/mol. The number of aliphatic hydroxyl groups is 3. The third kappa shape index (κ3) is 27.1. The number of carbonyl (C=O) groups excluding carboxylic acids is 3. The van der Waals surface area contributed by atoms with Crippen molar-refractivity contribution in [2.24, 2.45) is 0 Å². The number of aliphatic hydroxyl groups excluding tert-OH is 3. The van der Waals surface area contributed by atoms with Crippen molar-refractivity contribution in [2.75, 3.05) is 6.61 Å². The molecule has 7 atom stereocenters. The van der Waals surface area contributed by atoms with Crippen molar-refractivity contribution in [3.63, 3.8) is 0 Å². The summed E-state index contributed by atoms with van der Waals surface area (Å²) in [5.41, 5.74) is 0. The average Bonchev–Trinajstić information content (AvgIpc) is 3.19. The van der Waals surface area contributed by atoms with Gasteiger partial charge < -0.3 is 44.6 Å². The van der Waals surface area contributed by atoms with E-state index in [0.29, 0.717) is 19.3 Å². The largest absolute Gasteiger partial charge is 0.470 e. The van der Waals surface area contributed by atoms with Gasteiger partial charge in [-0.25, -0.2) is 9.36 Å². The van der Waals surface area contributed by atoms with Crippen LogP contribution in [0.1, 0.15) is 213 Å². The molecular formula is C44H84NO13P. The zero-order valence-electron chi connectivity index (χ0n) is 36.9. The Hall–Kier alpha value is -1.64. The summed E-state index contributed by atoms with van der Waals surface area (Å²) in [5, 5.41) is 34.2. The molecule has 1 heterocycles. The molecule has 59 heavy (non-hydrogen) atoms. The molecule has 1 fully saturated rings. The molecule has 1 aliphatic rings. The van der Waals surface area contributed by atoms with E-state index in [1.165, 1.54) is 70.6 Å². The topological polar surface area (TPSA) is 218 Å². The van der Waals surface area contributed by atoms with Crippen LogP contribution in [0.5, 0.6) is 0 Å². The van der Waals surface area contributed by atoms with Gasteiger partial charge in [-0.05, 0) is 25.7 Å². The van der Waals surface area contributed by atoms with Crippen LogP contribution >= 0.6 is 7.82 Å². The highest BCUT2D eigenvalue weighted by Gasteiger charge is 2.52. The maximum atomic E-state index is 13.9. The molecule has 0 bridgehead atoms. The molecule has 0 saturated carbocycles. The van der Waals surface area contributed by atoms with Gasteiger partial charge in [0.25, 0.3) is 0 Å². The van der Waals surface area contributed by atoms with Crippen LogP contribution in [0.4, 0.5) is 0 Å². The van der Waals surface area contributed by atoms with E-state index in [9.17, 15) is 44.1 Å². The highest BCUT2D eigenvalue weighted by atomic mass is 31.2. The number of amides is 1. The minimum absolute atomic E-state index is 0.0950. The van der Waals surface area contributed by atoms with Crippen molar-refractivity contribution in [3.8, 4) is 0 Å². The molecule has 0 spiro atoms. The Balaban J connectivity index is 3.05. The van der Waals surface area contributed by atoms with E-state index in [0.717, 1.165) is 83.5 Å². The predicted molar refractivity (Wildman–Crippen MR) is 228 cm³/mol. The van der Waals surface area contributed by atoms with E-state index in [-0.39, 0.29) is 19.3 Å². The molecule has 1 rings (SSSR count). The Bertz CT molecular complexity index is 1120. The zero-order valence-corrected chi connectivity index (χ0v) is 37.8. The van der Waals surface area contributed by atoms with Gasteiger partial charge in [0, 0.05) is 6.42 Å². The van der Waals surface area contributed by atoms with Crippen LogP contribution in [0.25, 0.3) is 0 Å². The van der Waals surface area contributed by atoms with Crippen molar-refractivity contribution in [1.82, 2.24) is 5.32 Å². The monoisotopic (exact) mass is 866 g/mol. The molecule has 1 amide bonds. The molecule has 6 N–H and O–H groups in total. The van der Waals surface area contributed by atoms with Gasteiger partial charge in [0.1, 0.15) is 24.4 Å². The lowest BCUT2D eigenvalue weighted by Gasteiger charge is -2.44. The van der Waals surface area contributed by atoms with Gasteiger partial charge in [-0.15, -0.1) is 0 Å². The van der Waals surface area contributed by atoms with Crippen LogP contribution in [0, 0.1) is 0 Å². The number of hydrogen-bond acceptors (Lipinski definition) is 11. The molecule has 0 aliphatic carbocycles.